The highest BCUT2D eigenvalue weighted by molar-refractivity contribution is 5.48. The smallest absolute Gasteiger partial charge is 0.127 e. The van der Waals surface area contributed by atoms with Crippen LogP contribution in [0.1, 0.15) is 29.7 Å². The van der Waals surface area contributed by atoms with Crippen molar-refractivity contribution in [3.8, 4) is 0 Å². The maximum absolute atomic E-state index is 13.8. The summed E-state index contributed by atoms with van der Waals surface area (Å²) in [4.78, 5) is 2.11. The van der Waals surface area contributed by atoms with E-state index < -0.39 is 0 Å². The number of halogens is 1. The lowest BCUT2D eigenvalue weighted by Crippen LogP contribution is -2.22. The summed E-state index contributed by atoms with van der Waals surface area (Å²) >= 11 is 0. The highest BCUT2D eigenvalue weighted by Crippen LogP contribution is 2.24. The van der Waals surface area contributed by atoms with E-state index in [1.165, 1.54) is 6.07 Å². The minimum atomic E-state index is -0.157. The second kappa shape index (κ2) is 6.06. The number of anilines is 1. The molecule has 0 radical (unpaired) electrons. The molecule has 0 aromatic heterocycles. The van der Waals surface area contributed by atoms with Crippen LogP contribution in [0.5, 0.6) is 0 Å². The average Bonchev–Trinajstić information content (AvgIpc) is 2.42. The number of hydrogen-bond donors (Lipinski definition) is 1. The molecule has 0 heterocycles. The Hall–Kier alpha value is -1.87. The largest absolute Gasteiger partial charge is 0.399 e. The summed E-state index contributed by atoms with van der Waals surface area (Å²) in [7, 11) is 1.99. The van der Waals surface area contributed by atoms with Gasteiger partial charge in [0.2, 0.25) is 0 Å². The Morgan fingerprint density at radius 1 is 1.20 bits per heavy atom. The first-order valence-electron chi connectivity index (χ1n) is 6.78. The molecule has 2 nitrogen and oxygen atoms in total. The van der Waals surface area contributed by atoms with E-state index in [4.69, 9.17) is 5.73 Å². The van der Waals surface area contributed by atoms with Crippen molar-refractivity contribution in [2.45, 2.75) is 26.4 Å². The molecule has 20 heavy (non-hydrogen) atoms. The van der Waals surface area contributed by atoms with Crippen LogP contribution < -0.4 is 5.73 Å². The molecule has 0 amide bonds. The van der Waals surface area contributed by atoms with Crippen LogP contribution in [0.3, 0.4) is 0 Å². The molecule has 0 aliphatic heterocycles. The van der Waals surface area contributed by atoms with E-state index in [9.17, 15) is 4.39 Å². The van der Waals surface area contributed by atoms with E-state index in [-0.39, 0.29) is 11.9 Å². The van der Waals surface area contributed by atoms with Gasteiger partial charge >= 0.3 is 0 Å². The number of benzene rings is 2. The first kappa shape index (κ1) is 14.5. The Morgan fingerprint density at radius 3 is 2.55 bits per heavy atom. The standard InChI is InChI=1S/C17H21FN2/c1-12-8-9-14(10-17(12)19)11-20(3)13(2)15-6-4-5-7-16(15)18/h4-10,13H,11,19H2,1-3H3. The zero-order valence-corrected chi connectivity index (χ0v) is 12.2. The van der Waals surface area contributed by atoms with Gasteiger partial charge in [0.15, 0.2) is 0 Å². The summed E-state index contributed by atoms with van der Waals surface area (Å²) in [6, 6.07) is 13.0. The maximum Gasteiger partial charge on any atom is 0.127 e. The van der Waals surface area contributed by atoms with Gasteiger partial charge in [-0.1, -0.05) is 30.3 Å². The zero-order chi connectivity index (χ0) is 14.7. The van der Waals surface area contributed by atoms with Gasteiger partial charge in [-0.2, -0.15) is 0 Å². The lowest BCUT2D eigenvalue weighted by molar-refractivity contribution is 0.248. The van der Waals surface area contributed by atoms with Crippen LogP contribution in [0.4, 0.5) is 10.1 Å². The molecule has 2 aromatic rings. The van der Waals surface area contributed by atoms with E-state index in [1.807, 2.05) is 45.2 Å². The lowest BCUT2D eigenvalue weighted by Gasteiger charge is -2.25. The monoisotopic (exact) mass is 272 g/mol. The lowest BCUT2D eigenvalue weighted by atomic mass is 10.1. The highest BCUT2D eigenvalue weighted by Gasteiger charge is 2.15. The number of aryl methyl sites for hydroxylation is 1. The van der Waals surface area contributed by atoms with Crippen LogP contribution in [-0.4, -0.2) is 11.9 Å². The molecule has 0 fully saturated rings. The van der Waals surface area contributed by atoms with Crippen molar-refractivity contribution in [3.63, 3.8) is 0 Å². The summed E-state index contributed by atoms with van der Waals surface area (Å²) in [5, 5.41) is 0. The van der Waals surface area contributed by atoms with E-state index in [2.05, 4.69) is 11.0 Å². The van der Waals surface area contributed by atoms with Gasteiger partial charge < -0.3 is 5.73 Å². The van der Waals surface area contributed by atoms with Crippen molar-refractivity contribution in [2.75, 3.05) is 12.8 Å². The number of hydrogen-bond acceptors (Lipinski definition) is 2. The van der Waals surface area contributed by atoms with Gasteiger partial charge in [-0.15, -0.1) is 0 Å². The number of rotatable bonds is 4. The predicted octanol–water partition coefficient (Wildman–Crippen LogP) is 3.91. The molecule has 0 saturated carbocycles. The van der Waals surface area contributed by atoms with Crippen molar-refractivity contribution in [1.82, 2.24) is 4.90 Å². The molecule has 0 saturated heterocycles. The van der Waals surface area contributed by atoms with Crippen molar-refractivity contribution >= 4 is 5.69 Å². The zero-order valence-electron chi connectivity index (χ0n) is 12.2. The fraction of sp³-hybridized carbons (Fsp3) is 0.294. The molecule has 0 aliphatic rings. The molecular weight excluding hydrogens is 251 g/mol. The van der Waals surface area contributed by atoms with Crippen LogP contribution in [0.2, 0.25) is 0 Å². The fourth-order valence-corrected chi connectivity index (χ4v) is 2.26. The summed E-state index contributed by atoms with van der Waals surface area (Å²) in [5.41, 5.74) is 9.67. The van der Waals surface area contributed by atoms with E-state index in [0.717, 1.165) is 28.9 Å². The minimum absolute atomic E-state index is 0.0127. The van der Waals surface area contributed by atoms with Gasteiger partial charge in [-0.3, -0.25) is 4.90 Å². The van der Waals surface area contributed by atoms with Crippen molar-refractivity contribution in [2.24, 2.45) is 0 Å². The van der Waals surface area contributed by atoms with E-state index in [0.29, 0.717) is 0 Å². The molecule has 0 bridgehead atoms. The highest BCUT2D eigenvalue weighted by atomic mass is 19.1. The second-order valence-corrected chi connectivity index (χ2v) is 5.30. The van der Waals surface area contributed by atoms with Crippen LogP contribution in [0.15, 0.2) is 42.5 Å². The molecule has 3 heteroatoms. The van der Waals surface area contributed by atoms with Crippen LogP contribution in [-0.2, 0) is 6.54 Å². The van der Waals surface area contributed by atoms with Gasteiger partial charge in [0, 0.05) is 23.8 Å². The van der Waals surface area contributed by atoms with Gasteiger partial charge in [0.25, 0.3) is 0 Å². The van der Waals surface area contributed by atoms with Gasteiger partial charge in [-0.05, 0) is 44.2 Å². The van der Waals surface area contributed by atoms with E-state index in [1.54, 1.807) is 6.07 Å². The minimum Gasteiger partial charge on any atom is -0.399 e. The Bertz CT molecular complexity index is 595. The number of nitrogens with zero attached hydrogens (tertiary/aromatic N) is 1. The summed E-state index contributed by atoms with van der Waals surface area (Å²) in [6.45, 7) is 4.74. The molecule has 106 valence electrons. The number of nitrogens with two attached hydrogens (primary N) is 1. The molecule has 2 rings (SSSR count). The molecule has 1 atom stereocenters. The summed E-state index contributed by atoms with van der Waals surface area (Å²) in [6.07, 6.45) is 0. The molecule has 2 aromatic carbocycles. The SMILES string of the molecule is Cc1ccc(CN(C)C(C)c2ccccc2F)cc1N. The van der Waals surface area contributed by atoms with Gasteiger partial charge in [-0.25, -0.2) is 4.39 Å². The third-order valence-corrected chi connectivity index (χ3v) is 3.79. The Kier molecular flexibility index (Phi) is 4.40. The topological polar surface area (TPSA) is 29.3 Å². The van der Waals surface area contributed by atoms with E-state index >= 15 is 0 Å². The fourth-order valence-electron chi connectivity index (χ4n) is 2.26. The van der Waals surface area contributed by atoms with Crippen LogP contribution >= 0.6 is 0 Å². The summed E-state index contributed by atoms with van der Waals surface area (Å²) in [5.74, 6) is -0.157. The Balaban J connectivity index is 2.13. The molecule has 1 unspecified atom stereocenters. The molecule has 2 N–H and O–H groups in total. The first-order valence-corrected chi connectivity index (χ1v) is 6.78. The van der Waals surface area contributed by atoms with Crippen LogP contribution in [0, 0.1) is 12.7 Å². The Morgan fingerprint density at radius 2 is 1.90 bits per heavy atom. The quantitative estimate of drug-likeness (QED) is 0.855. The van der Waals surface area contributed by atoms with Gasteiger partial charge in [0.1, 0.15) is 5.82 Å². The van der Waals surface area contributed by atoms with Crippen LogP contribution in [0.25, 0.3) is 0 Å². The number of nitrogen functional groups attached to an aromatic ring is 1. The second-order valence-electron chi connectivity index (χ2n) is 5.30. The first-order chi connectivity index (χ1) is 9.49. The maximum atomic E-state index is 13.8. The molecular formula is C17H21FN2. The third-order valence-electron chi connectivity index (χ3n) is 3.79. The molecule has 0 aliphatic carbocycles. The summed E-state index contributed by atoms with van der Waals surface area (Å²) < 4.78 is 13.8. The normalized spacial score (nSPS) is 12.7. The average molecular weight is 272 g/mol. The van der Waals surface area contributed by atoms with Crippen molar-refractivity contribution < 1.29 is 4.39 Å². The third kappa shape index (κ3) is 3.17. The van der Waals surface area contributed by atoms with Gasteiger partial charge in [0.05, 0.1) is 0 Å². The molecule has 0 spiro atoms. The predicted molar refractivity (Wildman–Crippen MR) is 81.9 cm³/mol. The van der Waals surface area contributed by atoms with Crippen molar-refractivity contribution in [3.05, 3.63) is 65.0 Å². The Labute approximate surface area is 120 Å². The van der Waals surface area contributed by atoms with Crippen molar-refractivity contribution in [1.29, 1.82) is 0 Å².